The molecule has 0 amide bonds. The summed E-state index contributed by atoms with van der Waals surface area (Å²) in [7, 11) is 0. The summed E-state index contributed by atoms with van der Waals surface area (Å²) < 4.78 is 5.79. The molecule has 2 rings (SSSR count). The molecule has 1 aromatic carbocycles. The summed E-state index contributed by atoms with van der Waals surface area (Å²) in [5, 5.41) is 1.65. The zero-order chi connectivity index (χ0) is 13.0. The first-order valence-corrected chi connectivity index (χ1v) is 7.51. The number of nitrogens with one attached hydrogen (secondary N) is 1. The first kappa shape index (κ1) is 13.7. The maximum atomic E-state index is 6.09. The van der Waals surface area contributed by atoms with E-state index in [0.29, 0.717) is 5.02 Å². The molecule has 0 fully saturated rings. The number of para-hydroxylation sites is 1. The van der Waals surface area contributed by atoms with E-state index in [1.54, 1.807) is 0 Å². The SMILES string of the molecule is CCCSCC(NN)c1cc2cccc(Cl)c2o1. The van der Waals surface area contributed by atoms with Gasteiger partial charge in [-0.05, 0) is 24.3 Å². The Bertz CT molecular complexity index is 515. The molecule has 0 aliphatic heterocycles. The van der Waals surface area contributed by atoms with Gasteiger partial charge in [-0.1, -0.05) is 30.7 Å². The van der Waals surface area contributed by atoms with Crippen LogP contribution in [0.25, 0.3) is 11.0 Å². The summed E-state index contributed by atoms with van der Waals surface area (Å²) in [5.41, 5.74) is 3.53. The van der Waals surface area contributed by atoms with Crippen molar-refractivity contribution in [1.29, 1.82) is 0 Å². The van der Waals surface area contributed by atoms with Crippen molar-refractivity contribution in [3.05, 3.63) is 35.0 Å². The van der Waals surface area contributed by atoms with E-state index in [9.17, 15) is 0 Å². The Morgan fingerprint density at radius 3 is 3.00 bits per heavy atom. The fraction of sp³-hybridized carbons (Fsp3) is 0.385. The summed E-state index contributed by atoms with van der Waals surface area (Å²) in [5.74, 6) is 8.44. The van der Waals surface area contributed by atoms with E-state index in [2.05, 4.69) is 12.3 Å². The van der Waals surface area contributed by atoms with Crippen molar-refractivity contribution in [1.82, 2.24) is 5.43 Å². The third-order valence-corrected chi connectivity index (χ3v) is 4.26. The minimum absolute atomic E-state index is 0.0185. The number of thioether (sulfide) groups is 1. The van der Waals surface area contributed by atoms with Gasteiger partial charge >= 0.3 is 0 Å². The van der Waals surface area contributed by atoms with E-state index in [-0.39, 0.29) is 6.04 Å². The molecule has 3 nitrogen and oxygen atoms in total. The average molecular weight is 285 g/mol. The number of furan rings is 1. The third kappa shape index (κ3) is 3.01. The van der Waals surface area contributed by atoms with E-state index in [4.69, 9.17) is 21.9 Å². The van der Waals surface area contributed by atoms with Crippen LogP contribution in [0, 0.1) is 0 Å². The average Bonchev–Trinajstić information content (AvgIpc) is 2.80. The molecule has 0 saturated heterocycles. The van der Waals surface area contributed by atoms with Gasteiger partial charge in [-0.3, -0.25) is 5.84 Å². The van der Waals surface area contributed by atoms with Crippen LogP contribution in [0.4, 0.5) is 0 Å². The fourth-order valence-corrected chi connectivity index (χ4v) is 2.95. The van der Waals surface area contributed by atoms with Crippen molar-refractivity contribution in [2.24, 2.45) is 5.84 Å². The maximum Gasteiger partial charge on any atom is 0.152 e. The standard InChI is InChI=1S/C13H17ClN2OS/c1-2-6-18-8-11(16-15)12-7-9-4-3-5-10(14)13(9)17-12/h3-5,7,11,16H,2,6,8,15H2,1H3. The largest absolute Gasteiger partial charge is 0.458 e. The number of rotatable bonds is 6. The predicted octanol–water partition coefficient (Wildman–Crippen LogP) is 3.73. The Morgan fingerprint density at radius 2 is 2.33 bits per heavy atom. The lowest BCUT2D eigenvalue weighted by molar-refractivity contribution is 0.464. The lowest BCUT2D eigenvalue weighted by Gasteiger charge is -2.12. The minimum atomic E-state index is 0.0185. The highest BCUT2D eigenvalue weighted by Gasteiger charge is 2.15. The first-order valence-electron chi connectivity index (χ1n) is 5.98. The normalized spacial score (nSPS) is 13.1. The minimum Gasteiger partial charge on any atom is -0.458 e. The topological polar surface area (TPSA) is 51.2 Å². The predicted molar refractivity (Wildman–Crippen MR) is 78.9 cm³/mol. The highest BCUT2D eigenvalue weighted by atomic mass is 35.5. The van der Waals surface area contributed by atoms with Crippen LogP contribution in [0.1, 0.15) is 25.1 Å². The molecule has 0 radical (unpaired) electrons. The van der Waals surface area contributed by atoms with Gasteiger partial charge in [0.25, 0.3) is 0 Å². The van der Waals surface area contributed by atoms with Gasteiger partial charge in [-0.15, -0.1) is 0 Å². The number of nitrogens with two attached hydrogens (primary N) is 1. The van der Waals surface area contributed by atoms with Gasteiger partial charge in [-0.25, -0.2) is 5.43 Å². The van der Waals surface area contributed by atoms with Crippen LogP contribution in [-0.4, -0.2) is 11.5 Å². The second kappa shape index (κ2) is 6.48. The molecule has 0 aliphatic carbocycles. The van der Waals surface area contributed by atoms with Crippen molar-refractivity contribution in [3.8, 4) is 0 Å². The van der Waals surface area contributed by atoms with Crippen molar-refractivity contribution < 1.29 is 4.42 Å². The lowest BCUT2D eigenvalue weighted by atomic mass is 10.2. The molecular formula is C13H17ClN2OS. The molecule has 0 bridgehead atoms. The van der Waals surface area contributed by atoms with Gasteiger partial charge < -0.3 is 4.42 Å². The van der Waals surface area contributed by atoms with Crippen LogP contribution in [0.2, 0.25) is 5.02 Å². The Morgan fingerprint density at radius 1 is 1.50 bits per heavy atom. The third-order valence-electron chi connectivity index (χ3n) is 2.69. The first-order chi connectivity index (χ1) is 8.76. The molecule has 18 heavy (non-hydrogen) atoms. The smallest absolute Gasteiger partial charge is 0.152 e. The van der Waals surface area contributed by atoms with Crippen molar-refractivity contribution in [2.75, 3.05) is 11.5 Å². The molecule has 2 aromatic rings. The van der Waals surface area contributed by atoms with Crippen molar-refractivity contribution in [2.45, 2.75) is 19.4 Å². The van der Waals surface area contributed by atoms with Crippen LogP contribution < -0.4 is 11.3 Å². The molecule has 1 aromatic heterocycles. The van der Waals surface area contributed by atoms with Crippen molar-refractivity contribution in [3.63, 3.8) is 0 Å². The summed E-state index contributed by atoms with van der Waals surface area (Å²) in [6.45, 7) is 2.17. The van der Waals surface area contributed by atoms with E-state index in [0.717, 1.165) is 34.7 Å². The molecule has 1 heterocycles. The summed E-state index contributed by atoms with van der Waals surface area (Å²) in [4.78, 5) is 0. The Balaban J connectivity index is 2.20. The quantitative estimate of drug-likeness (QED) is 0.482. The van der Waals surface area contributed by atoms with E-state index in [1.165, 1.54) is 0 Å². The van der Waals surface area contributed by atoms with Gasteiger partial charge in [0.1, 0.15) is 5.76 Å². The van der Waals surface area contributed by atoms with Gasteiger partial charge in [-0.2, -0.15) is 11.8 Å². The second-order valence-corrected chi connectivity index (χ2v) is 5.66. The Hall–Kier alpha value is -0.680. The number of fused-ring (bicyclic) bond motifs is 1. The number of benzene rings is 1. The number of hydrogen-bond acceptors (Lipinski definition) is 4. The van der Waals surface area contributed by atoms with Crippen LogP contribution in [0.3, 0.4) is 0 Å². The van der Waals surface area contributed by atoms with Crippen LogP contribution in [0.5, 0.6) is 0 Å². The summed E-state index contributed by atoms with van der Waals surface area (Å²) in [6, 6.07) is 7.75. The van der Waals surface area contributed by atoms with Crippen LogP contribution in [0.15, 0.2) is 28.7 Å². The van der Waals surface area contributed by atoms with Crippen LogP contribution >= 0.6 is 23.4 Å². The number of hydrazine groups is 1. The molecule has 1 atom stereocenters. The fourth-order valence-electron chi connectivity index (χ4n) is 1.78. The summed E-state index contributed by atoms with van der Waals surface area (Å²) in [6.07, 6.45) is 1.16. The maximum absolute atomic E-state index is 6.09. The highest BCUT2D eigenvalue weighted by molar-refractivity contribution is 7.99. The molecule has 0 spiro atoms. The van der Waals surface area contributed by atoms with Crippen LogP contribution in [-0.2, 0) is 0 Å². The molecule has 1 unspecified atom stereocenters. The van der Waals surface area contributed by atoms with Gasteiger partial charge in [0.2, 0.25) is 0 Å². The monoisotopic (exact) mass is 284 g/mol. The number of hydrogen-bond donors (Lipinski definition) is 2. The van der Waals surface area contributed by atoms with Crippen molar-refractivity contribution >= 4 is 34.3 Å². The molecular weight excluding hydrogens is 268 g/mol. The van der Waals surface area contributed by atoms with E-state index >= 15 is 0 Å². The number of halogens is 1. The zero-order valence-electron chi connectivity index (χ0n) is 10.3. The molecule has 0 aliphatic rings. The van der Waals surface area contributed by atoms with E-state index in [1.807, 2.05) is 36.0 Å². The van der Waals surface area contributed by atoms with Gasteiger partial charge in [0.15, 0.2) is 5.58 Å². The molecule has 3 N–H and O–H groups in total. The van der Waals surface area contributed by atoms with Gasteiger partial charge in [0.05, 0.1) is 11.1 Å². The molecule has 98 valence electrons. The zero-order valence-corrected chi connectivity index (χ0v) is 11.9. The molecule has 0 saturated carbocycles. The Labute approximate surface area is 116 Å². The van der Waals surface area contributed by atoms with Gasteiger partial charge in [0, 0.05) is 11.1 Å². The van der Waals surface area contributed by atoms with E-state index < -0.39 is 0 Å². The lowest BCUT2D eigenvalue weighted by Crippen LogP contribution is -2.29. The second-order valence-electron chi connectivity index (χ2n) is 4.10. The summed E-state index contributed by atoms with van der Waals surface area (Å²) >= 11 is 7.95. The molecule has 5 heteroatoms. The Kier molecular flexibility index (Phi) is 4.95. The highest BCUT2D eigenvalue weighted by Crippen LogP contribution is 2.30.